The first-order valence-corrected chi connectivity index (χ1v) is 11.9. The zero-order valence-corrected chi connectivity index (χ0v) is 21.7. The van der Waals surface area contributed by atoms with Gasteiger partial charge in [-0.2, -0.15) is 5.10 Å². The molecular weight excluding hydrogens is 494 g/mol. The zero-order chi connectivity index (χ0) is 26.7. The number of benzene rings is 2. The van der Waals surface area contributed by atoms with Crippen LogP contribution in [0.5, 0.6) is 0 Å². The van der Waals surface area contributed by atoms with Gasteiger partial charge in [-0.15, -0.1) is 0 Å². The summed E-state index contributed by atoms with van der Waals surface area (Å²) in [4.78, 5) is 37.5. The van der Waals surface area contributed by atoms with E-state index in [1.807, 2.05) is 48.7 Å². The number of ether oxygens (including phenoxy) is 2. The number of aryl methyl sites for hydroxylation is 2. The van der Waals surface area contributed by atoms with E-state index in [2.05, 4.69) is 5.10 Å². The predicted octanol–water partition coefficient (Wildman–Crippen LogP) is 5.13. The monoisotopic (exact) mass is 519 g/mol. The maximum absolute atomic E-state index is 13.0. The molecule has 0 spiro atoms. The molecule has 0 unspecified atom stereocenters. The van der Waals surface area contributed by atoms with E-state index in [0.29, 0.717) is 29.1 Å². The van der Waals surface area contributed by atoms with Crippen molar-refractivity contribution in [3.05, 3.63) is 105 Å². The smallest absolute Gasteiger partial charge is 0.343 e. The number of esters is 2. The Kier molecular flexibility index (Phi) is 7.59. The van der Waals surface area contributed by atoms with Crippen LogP contribution in [-0.4, -0.2) is 45.8 Å². The summed E-state index contributed by atoms with van der Waals surface area (Å²) in [5.41, 5.74) is 4.70. The van der Waals surface area contributed by atoms with Crippen molar-refractivity contribution in [2.75, 3.05) is 13.7 Å². The lowest BCUT2D eigenvalue weighted by atomic mass is 10.1. The SMILES string of the molecule is COC(=O)c1ccc(-n2c(C)cc(C(=O)COC(=O)c3c(C)nn(Cc4ccccc4)c3Cl)c2C)cc1. The minimum Gasteiger partial charge on any atom is -0.465 e. The van der Waals surface area contributed by atoms with Gasteiger partial charge in [0.05, 0.1) is 24.9 Å². The third-order valence-corrected chi connectivity index (χ3v) is 6.44. The molecule has 190 valence electrons. The van der Waals surface area contributed by atoms with E-state index in [1.165, 1.54) is 11.8 Å². The maximum Gasteiger partial charge on any atom is 0.343 e. The molecule has 4 aromatic rings. The summed E-state index contributed by atoms with van der Waals surface area (Å²) in [7, 11) is 1.33. The Bertz CT molecular complexity index is 1470. The fourth-order valence-corrected chi connectivity index (χ4v) is 4.55. The average Bonchev–Trinajstić information content (AvgIpc) is 3.35. The van der Waals surface area contributed by atoms with Crippen molar-refractivity contribution in [1.29, 1.82) is 0 Å². The fraction of sp³-hybridized carbons (Fsp3) is 0.214. The van der Waals surface area contributed by atoms with Gasteiger partial charge in [0.2, 0.25) is 5.78 Å². The van der Waals surface area contributed by atoms with Crippen LogP contribution in [0.4, 0.5) is 0 Å². The third kappa shape index (κ3) is 5.34. The number of ketones is 1. The number of methoxy groups -OCH3 is 1. The Morgan fingerprint density at radius 3 is 2.27 bits per heavy atom. The minimum absolute atomic E-state index is 0.140. The molecule has 0 N–H and O–H groups in total. The van der Waals surface area contributed by atoms with Crippen molar-refractivity contribution in [2.24, 2.45) is 0 Å². The van der Waals surface area contributed by atoms with Crippen LogP contribution in [-0.2, 0) is 16.0 Å². The van der Waals surface area contributed by atoms with Gasteiger partial charge in [-0.3, -0.25) is 4.79 Å². The maximum atomic E-state index is 13.0. The highest BCUT2D eigenvalue weighted by Crippen LogP contribution is 2.24. The Balaban J connectivity index is 1.47. The molecule has 37 heavy (non-hydrogen) atoms. The average molecular weight is 520 g/mol. The molecule has 0 saturated heterocycles. The van der Waals surface area contributed by atoms with Gasteiger partial charge in [0.1, 0.15) is 10.7 Å². The molecule has 2 heterocycles. The normalized spacial score (nSPS) is 10.8. The lowest BCUT2D eigenvalue weighted by Gasteiger charge is -2.11. The van der Waals surface area contributed by atoms with E-state index >= 15 is 0 Å². The molecule has 0 fully saturated rings. The molecule has 0 aliphatic carbocycles. The first-order valence-electron chi connectivity index (χ1n) is 11.6. The van der Waals surface area contributed by atoms with Crippen molar-refractivity contribution in [3.63, 3.8) is 0 Å². The number of hydrogen-bond acceptors (Lipinski definition) is 6. The topological polar surface area (TPSA) is 92.4 Å². The summed E-state index contributed by atoms with van der Waals surface area (Å²) in [5.74, 6) is -1.47. The molecule has 0 saturated carbocycles. The Morgan fingerprint density at radius 2 is 1.62 bits per heavy atom. The highest BCUT2D eigenvalue weighted by molar-refractivity contribution is 6.32. The minimum atomic E-state index is -0.706. The third-order valence-electron chi connectivity index (χ3n) is 6.06. The number of carbonyl (C=O) groups excluding carboxylic acids is 3. The summed E-state index contributed by atoms with van der Waals surface area (Å²) >= 11 is 6.45. The summed E-state index contributed by atoms with van der Waals surface area (Å²) in [6.07, 6.45) is 0. The lowest BCUT2D eigenvalue weighted by molar-refractivity contribution is 0.0473. The second-order valence-electron chi connectivity index (χ2n) is 8.55. The first kappa shape index (κ1) is 25.9. The van der Waals surface area contributed by atoms with Crippen LogP contribution >= 0.6 is 11.6 Å². The number of hydrogen-bond donors (Lipinski definition) is 0. The van der Waals surface area contributed by atoms with Gasteiger partial charge in [0, 0.05) is 22.6 Å². The Morgan fingerprint density at radius 1 is 0.946 bits per heavy atom. The summed E-state index contributed by atoms with van der Waals surface area (Å²) in [5, 5.41) is 4.52. The number of Topliss-reactive ketones (excluding diaryl/α,β-unsaturated/α-hetero) is 1. The lowest BCUT2D eigenvalue weighted by Crippen LogP contribution is -2.15. The molecule has 0 amide bonds. The summed E-state index contributed by atoms with van der Waals surface area (Å²) < 4.78 is 13.5. The van der Waals surface area contributed by atoms with Gasteiger partial charge < -0.3 is 14.0 Å². The van der Waals surface area contributed by atoms with Crippen LogP contribution in [0.3, 0.4) is 0 Å². The van der Waals surface area contributed by atoms with Gasteiger partial charge >= 0.3 is 11.9 Å². The molecule has 4 rings (SSSR count). The number of aromatic nitrogens is 3. The van der Waals surface area contributed by atoms with E-state index in [0.717, 1.165) is 16.9 Å². The van der Waals surface area contributed by atoms with E-state index < -0.39 is 18.5 Å². The van der Waals surface area contributed by atoms with Crippen LogP contribution in [0, 0.1) is 20.8 Å². The van der Waals surface area contributed by atoms with Crippen LogP contribution in [0.1, 0.15) is 53.7 Å². The van der Waals surface area contributed by atoms with E-state index in [1.54, 1.807) is 37.3 Å². The van der Waals surface area contributed by atoms with E-state index in [-0.39, 0.29) is 16.5 Å². The van der Waals surface area contributed by atoms with Crippen LogP contribution in [0.2, 0.25) is 5.15 Å². The van der Waals surface area contributed by atoms with E-state index in [9.17, 15) is 14.4 Å². The number of nitrogens with zero attached hydrogens (tertiary/aromatic N) is 3. The zero-order valence-electron chi connectivity index (χ0n) is 20.9. The standard InChI is InChI=1S/C28H26ClN3O5/c1-17-14-23(19(3)32(17)22-12-10-21(11-13-22)27(34)36-4)24(33)16-37-28(35)25-18(2)30-31(26(25)29)15-20-8-6-5-7-9-20/h5-14H,15-16H2,1-4H3. The highest BCUT2D eigenvalue weighted by Gasteiger charge is 2.24. The van der Waals surface area contributed by atoms with Gasteiger partial charge in [-0.25, -0.2) is 14.3 Å². The van der Waals surface area contributed by atoms with Gasteiger partial charge in [0.25, 0.3) is 0 Å². The van der Waals surface area contributed by atoms with Gasteiger partial charge in [0.15, 0.2) is 6.61 Å². The van der Waals surface area contributed by atoms with Gasteiger partial charge in [-0.1, -0.05) is 41.9 Å². The molecule has 2 aromatic carbocycles. The number of rotatable bonds is 8. The molecule has 0 radical (unpaired) electrons. The van der Waals surface area contributed by atoms with E-state index in [4.69, 9.17) is 21.1 Å². The largest absolute Gasteiger partial charge is 0.465 e. The van der Waals surface area contributed by atoms with Crippen molar-refractivity contribution in [3.8, 4) is 5.69 Å². The summed E-state index contributed by atoms with van der Waals surface area (Å²) in [6.45, 7) is 5.31. The molecule has 0 bridgehead atoms. The molecule has 0 aliphatic heterocycles. The van der Waals surface area contributed by atoms with Crippen LogP contribution < -0.4 is 0 Å². The number of halogens is 1. The Labute approximate surface area is 219 Å². The molecule has 9 heteroatoms. The highest BCUT2D eigenvalue weighted by atomic mass is 35.5. The van der Waals surface area contributed by atoms with Crippen molar-refractivity contribution in [1.82, 2.24) is 14.3 Å². The molecule has 8 nitrogen and oxygen atoms in total. The molecule has 2 aromatic heterocycles. The van der Waals surface area contributed by atoms with Crippen molar-refractivity contribution >= 4 is 29.3 Å². The first-order chi connectivity index (χ1) is 17.7. The van der Waals surface area contributed by atoms with Gasteiger partial charge in [-0.05, 0) is 56.7 Å². The predicted molar refractivity (Wildman–Crippen MR) is 139 cm³/mol. The van der Waals surface area contributed by atoms with Crippen LogP contribution in [0.25, 0.3) is 5.69 Å². The molecule has 0 aliphatic rings. The van der Waals surface area contributed by atoms with Crippen molar-refractivity contribution < 1.29 is 23.9 Å². The van der Waals surface area contributed by atoms with Crippen molar-refractivity contribution in [2.45, 2.75) is 27.3 Å². The fourth-order valence-electron chi connectivity index (χ4n) is 4.23. The second-order valence-corrected chi connectivity index (χ2v) is 8.91. The second kappa shape index (κ2) is 10.8. The Hall–Kier alpha value is -4.17. The molecule has 0 atom stereocenters. The quantitative estimate of drug-likeness (QED) is 0.237. The summed E-state index contributed by atoms with van der Waals surface area (Å²) in [6, 6.07) is 18.2. The number of carbonyl (C=O) groups is 3. The molecular formula is C28H26ClN3O5. The van der Waals surface area contributed by atoms with Crippen LogP contribution in [0.15, 0.2) is 60.7 Å².